The molecule has 3 rings (SSSR count). The van der Waals surface area contributed by atoms with E-state index in [2.05, 4.69) is 12.0 Å². The Balaban J connectivity index is 1.76. The first-order valence-corrected chi connectivity index (χ1v) is 7.68. The topological polar surface area (TPSA) is 64.2 Å². The average Bonchev–Trinajstić information content (AvgIpc) is 3.15. The van der Waals surface area contributed by atoms with Crippen molar-refractivity contribution < 1.29 is 4.79 Å². The molecule has 1 amide bonds. The number of aromatic nitrogens is 2. The zero-order valence-corrected chi connectivity index (χ0v) is 13.3. The first-order chi connectivity index (χ1) is 10.5. The first-order valence-electron chi connectivity index (χ1n) is 7.31. The van der Waals surface area contributed by atoms with E-state index in [-0.39, 0.29) is 11.3 Å². The molecule has 0 radical (unpaired) electrons. The molecule has 2 aromatic rings. The predicted molar refractivity (Wildman–Crippen MR) is 86.3 cm³/mol. The fourth-order valence-electron chi connectivity index (χ4n) is 2.71. The number of carbonyl (C=O) groups is 1. The van der Waals surface area contributed by atoms with Crippen LogP contribution in [0.2, 0.25) is 5.02 Å². The summed E-state index contributed by atoms with van der Waals surface area (Å²) >= 11 is 5.88. The van der Waals surface area contributed by atoms with E-state index in [9.17, 15) is 4.79 Å². The van der Waals surface area contributed by atoms with Gasteiger partial charge in [0.2, 0.25) is 0 Å². The van der Waals surface area contributed by atoms with E-state index in [0.717, 1.165) is 18.7 Å². The van der Waals surface area contributed by atoms with Gasteiger partial charge in [0.05, 0.1) is 17.4 Å². The highest BCUT2D eigenvalue weighted by Crippen LogP contribution is 2.29. The Morgan fingerprint density at radius 1 is 1.41 bits per heavy atom. The summed E-state index contributed by atoms with van der Waals surface area (Å²) < 4.78 is 1.68. The van der Waals surface area contributed by atoms with Crippen molar-refractivity contribution in [2.24, 2.45) is 11.1 Å². The monoisotopic (exact) mass is 318 g/mol. The third-order valence-electron chi connectivity index (χ3n) is 4.26. The van der Waals surface area contributed by atoms with Crippen molar-refractivity contribution in [1.29, 1.82) is 0 Å². The summed E-state index contributed by atoms with van der Waals surface area (Å²) in [5.74, 6) is 0.0115. The number of likely N-dealkylation sites (tertiary alicyclic amines) is 1. The summed E-state index contributed by atoms with van der Waals surface area (Å²) in [6, 6.07) is 7.33. The molecule has 0 aliphatic carbocycles. The van der Waals surface area contributed by atoms with Crippen LogP contribution in [0.15, 0.2) is 36.7 Å². The smallest absolute Gasteiger partial charge is 0.257 e. The first kappa shape index (κ1) is 15.1. The van der Waals surface area contributed by atoms with E-state index in [1.165, 1.54) is 0 Å². The summed E-state index contributed by atoms with van der Waals surface area (Å²) in [5.41, 5.74) is 7.29. The molecule has 1 aliphatic rings. The van der Waals surface area contributed by atoms with Crippen LogP contribution < -0.4 is 5.73 Å². The van der Waals surface area contributed by atoms with E-state index in [1.807, 2.05) is 17.0 Å². The van der Waals surface area contributed by atoms with Gasteiger partial charge in [-0.3, -0.25) is 4.79 Å². The maximum atomic E-state index is 12.6. The number of halogens is 1. The Kier molecular flexibility index (Phi) is 3.93. The molecule has 0 saturated carbocycles. The lowest BCUT2D eigenvalue weighted by molar-refractivity contribution is 0.0777. The minimum Gasteiger partial charge on any atom is -0.338 e. The maximum Gasteiger partial charge on any atom is 0.257 e. The number of hydrogen-bond donors (Lipinski definition) is 1. The highest BCUT2D eigenvalue weighted by atomic mass is 35.5. The normalized spacial score (nSPS) is 21.3. The number of hydrogen-bond acceptors (Lipinski definition) is 3. The van der Waals surface area contributed by atoms with Gasteiger partial charge in [-0.1, -0.05) is 18.5 Å². The van der Waals surface area contributed by atoms with E-state index >= 15 is 0 Å². The van der Waals surface area contributed by atoms with Gasteiger partial charge in [0.15, 0.2) is 0 Å². The molecule has 2 heterocycles. The standard InChI is InChI=1S/C16H19ClN4O/c1-16(10-18)6-7-20(11-16)15(22)12-8-19-21(9-12)14-4-2-13(17)3-5-14/h2-5,8-9H,6-7,10-11,18H2,1H3. The highest BCUT2D eigenvalue weighted by Gasteiger charge is 2.35. The fraction of sp³-hybridized carbons (Fsp3) is 0.375. The van der Waals surface area contributed by atoms with Crippen LogP contribution in [0.4, 0.5) is 0 Å². The zero-order valence-electron chi connectivity index (χ0n) is 12.5. The molecule has 5 nitrogen and oxygen atoms in total. The third kappa shape index (κ3) is 2.87. The van der Waals surface area contributed by atoms with E-state index in [0.29, 0.717) is 23.7 Å². The van der Waals surface area contributed by atoms with E-state index in [1.54, 1.807) is 29.2 Å². The number of nitrogens with two attached hydrogens (primary N) is 1. The van der Waals surface area contributed by atoms with Crippen LogP contribution in [0.1, 0.15) is 23.7 Å². The number of amides is 1. The highest BCUT2D eigenvalue weighted by molar-refractivity contribution is 6.30. The average molecular weight is 319 g/mol. The van der Waals surface area contributed by atoms with Crippen molar-refractivity contribution in [2.45, 2.75) is 13.3 Å². The SMILES string of the molecule is CC1(CN)CCN(C(=O)c2cnn(-c3ccc(Cl)cc3)c2)C1. The van der Waals surface area contributed by atoms with Gasteiger partial charge >= 0.3 is 0 Å². The molecule has 1 unspecified atom stereocenters. The summed E-state index contributed by atoms with van der Waals surface area (Å²) in [6.45, 7) is 4.17. The van der Waals surface area contributed by atoms with Crippen LogP contribution in [0.5, 0.6) is 0 Å². The van der Waals surface area contributed by atoms with Crippen LogP contribution in [0.25, 0.3) is 5.69 Å². The Bertz CT molecular complexity index is 682. The molecule has 2 N–H and O–H groups in total. The summed E-state index contributed by atoms with van der Waals surface area (Å²) in [5, 5.41) is 4.94. The van der Waals surface area contributed by atoms with E-state index < -0.39 is 0 Å². The fourth-order valence-corrected chi connectivity index (χ4v) is 2.84. The molecule has 1 aromatic heterocycles. The van der Waals surface area contributed by atoms with Crippen molar-refractivity contribution in [2.75, 3.05) is 19.6 Å². The van der Waals surface area contributed by atoms with Gasteiger partial charge in [0.25, 0.3) is 5.91 Å². The molecular formula is C16H19ClN4O. The van der Waals surface area contributed by atoms with Crippen molar-refractivity contribution in [3.8, 4) is 5.69 Å². The van der Waals surface area contributed by atoms with Gasteiger partial charge < -0.3 is 10.6 Å². The Morgan fingerprint density at radius 3 is 2.77 bits per heavy atom. The minimum absolute atomic E-state index is 0.0115. The second-order valence-electron chi connectivity index (χ2n) is 6.14. The molecule has 1 saturated heterocycles. The molecule has 22 heavy (non-hydrogen) atoms. The lowest BCUT2D eigenvalue weighted by atomic mass is 9.90. The summed E-state index contributed by atoms with van der Waals surface area (Å²) in [7, 11) is 0. The number of rotatable bonds is 3. The van der Waals surface area contributed by atoms with Gasteiger partial charge in [-0.05, 0) is 42.6 Å². The van der Waals surface area contributed by atoms with Gasteiger partial charge in [-0.15, -0.1) is 0 Å². The van der Waals surface area contributed by atoms with Crippen molar-refractivity contribution in [1.82, 2.24) is 14.7 Å². The lowest BCUT2D eigenvalue weighted by Gasteiger charge is -2.22. The van der Waals surface area contributed by atoms with Crippen molar-refractivity contribution >= 4 is 17.5 Å². The Morgan fingerprint density at radius 2 is 2.14 bits per heavy atom. The van der Waals surface area contributed by atoms with Crippen molar-refractivity contribution in [3.05, 3.63) is 47.2 Å². The minimum atomic E-state index is 0.0115. The molecule has 6 heteroatoms. The van der Waals surface area contributed by atoms with Crippen LogP contribution in [0.3, 0.4) is 0 Å². The van der Waals surface area contributed by atoms with Crippen molar-refractivity contribution in [3.63, 3.8) is 0 Å². The molecule has 1 aliphatic heterocycles. The molecule has 0 spiro atoms. The molecule has 1 fully saturated rings. The molecular weight excluding hydrogens is 300 g/mol. The number of nitrogens with zero attached hydrogens (tertiary/aromatic N) is 3. The summed E-state index contributed by atoms with van der Waals surface area (Å²) in [6.07, 6.45) is 4.30. The van der Waals surface area contributed by atoms with Gasteiger partial charge in [0, 0.05) is 24.3 Å². The molecule has 1 aromatic carbocycles. The number of benzene rings is 1. The van der Waals surface area contributed by atoms with Gasteiger partial charge in [0.1, 0.15) is 0 Å². The second kappa shape index (κ2) is 5.74. The van der Waals surface area contributed by atoms with E-state index in [4.69, 9.17) is 17.3 Å². The van der Waals surface area contributed by atoms with Crippen LogP contribution in [-0.2, 0) is 0 Å². The Labute approximate surface area is 134 Å². The van der Waals surface area contributed by atoms with Crippen LogP contribution in [0, 0.1) is 5.41 Å². The number of carbonyl (C=O) groups excluding carboxylic acids is 1. The largest absolute Gasteiger partial charge is 0.338 e. The second-order valence-corrected chi connectivity index (χ2v) is 6.58. The maximum absolute atomic E-state index is 12.6. The summed E-state index contributed by atoms with van der Waals surface area (Å²) in [4.78, 5) is 14.4. The van der Waals surface area contributed by atoms with Gasteiger partial charge in [-0.25, -0.2) is 4.68 Å². The molecule has 1 atom stereocenters. The van der Waals surface area contributed by atoms with Crippen LogP contribution >= 0.6 is 11.6 Å². The molecule has 116 valence electrons. The Hall–Kier alpha value is -1.85. The lowest BCUT2D eigenvalue weighted by Crippen LogP contribution is -2.34. The molecule has 0 bridgehead atoms. The predicted octanol–water partition coefficient (Wildman–Crippen LogP) is 2.34. The third-order valence-corrected chi connectivity index (χ3v) is 4.51. The van der Waals surface area contributed by atoms with Gasteiger partial charge in [-0.2, -0.15) is 5.10 Å². The quantitative estimate of drug-likeness (QED) is 0.944. The zero-order chi connectivity index (χ0) is 15.7. The van der Waals surface area contributed by atoms with Crippen LogP contribution in [-0.4, -0.2) is 40.2 Å².